The first kappa shape index (κ1) is 33.7. The van der Waals surface area contributed by atoms with E-state index in [2.05, 4.69) is 0 Å². The van der Waals surface area contributed by atoms with E-state index in [4.69, 9.17) is 42.7 Å². The van der Waals surface area contributed by atoms with Crippen LogP contribution in [0.5, 0.6) is 0 Å². The van der Waals surface area contributed by atoms with E-state index < -0.39 is 44.0 Å². The second-order valence-corrected chi connectivity index (χ2v) is 28.3. The van der Waals surface area contributed by atoms with Crippen LogP contribution in [0.15, 0.2) is 0 Å². The van der Waals surface area contributed by atoms with Gasteiger partial charge in [-0.2, -0.15) is 0 Å². The molecule has 1 saturated heterocycles. The Morgan fingerprint density at radius 3 is 0.486 bits per heavy atom. The van der Waals surface area contributed by atoms with Crippen molar-refractivity contribution in [2.24, 2.45) is 0 Å². The first-order chi connectivity index (χ1) is 16.1. The lowest BCUT2D eigenvalue weighted by atomic mass is 10.6. The van der Waals surface area contributed by atoms with Crippen molar-refractivity contribution < 1.29 is 42.7 Å². The molecule has 0 amide bonds. The van der Waals surface area contributed by atoms with Gasteiger partial charge in [-0.25, -0.2) is 0 Å². The first-order valence-corrected chi connectivity index (χ1v) is 21.3. The molecule has 10 nitrogen and oxygen atoms in total. The highest BCUT2D eigenvalue weighted by Gasteiger charge is 2.71. The van der Waals surface area contributed by atoms with Crippen molar-refractivity contribution in [1.82, 2.24) is 0 Å². The van der Waals surface area contributed by atoms with Crippen LogP contribution in [-0.2, 0) is 42.7 Å². The van der Waals surface area contributed by atoms with Gasteiger partial charge in [0.15, 0.2) is 0 Å². The molecule has 0 atom stereocenters. The van der Waals surface area contributed by atoms with Crippen LogP contribution >= 0.6 is 0 Å². The summed E-state index contributed by atoms with van der Waals surface area (Å²) in [5.41, 5.74) is -0.709. The van der Waals surface area contributed by atoms with Crippen molar-refractivity contribution in [1.29, 1.82) is 0 Å². The fourth-order valence-electron chi connectivity index (χ4n) is 3.87. The van der Waals surface area contributed by atoms with Crippen molar-refractivity contribution >= 4 is 44.0 Å². The number of rotatable bonds is 10. The van der Waals surface area contributed by atoms with Gasteiger partial charge in [0.25, 0.3) is 0 Å². The molecular formula is C20H50O10Si5. The molecule has 0 saturated carbocycles. The van der Waals surface area contributed by atoms with Crippen molar-refractivity contribution in [3.05, 3.63) is 0 Å². The van der Waals surface area contributed by atoms with Crippen LogP contribution in [0, 0.1) is 0 Å². The van der Waals surface area contributed by atoms with E-state index in [1.165, 1.54) is 0 Å². The maximum atomic E-state index is 6.91. The minimum atomic E-state index is -3.53. The molecule has 0 N–H and O–H groups in total. The topological polar surface area (TPSA) is 92.3 Å². The average Bonchev–Trinajstić information content (AvgIpc) is 2.80. The van der Waals surface area contributed by atoms with E-state index >= 15 is 0 Å². The van der Waals surface area contributed by atoms with Crippen molar-refractivity contribution in [3.63, 3.8) is 0 Å². The van der Waals surface area contributed by atoms with Crippen LogP contribution < -0.4 is 0 Å². The molecule has 1 aliphatic heterocycles. The summed E-state index contributed by atoms with van der Waals surface area (Å²) in [4.78, 5) is 0. The maximum Gasteiger partial charge on any atom is 0.488 e. The fourth-order valence-corrected chi connectivity index (χ4v) is 29.6. The van der Waals surface area contributed by atoms with Gasteiger partial charge in [0.05, 0.1) is 0 Å². The highest BCUT2D eigenvalue weighted by Crippen LogP contribution is 2.46. The third-order valence-electron chi connectivity index (χ3n) is 6.38. The molecule has 1 aliphatic rings. The second kappa shape index (κ2) is 12.7. The third kappa shape index (κ3) is 6.47. The summed E-state index contributed by atoms with van der Waals surface area (Å²) in [5, 5.41) is 0. The van der Waals surface area contributed by atoms with Gasteiger partial charge >= 0.3 is 44.0 Å². The van der Waals surface area contributed by atoms with Crippen LogP contribution in [0.2, 0.25) is 27.7 Å². The molecule has 0 radical (unpaired) electrons. The Hall–Kier alpha value is 0.684. The van der Waals surface area contributed by atoms with Gasteiger partial charge in [-0.15, -0.1) is 0 Å². The molecule has 35 heavy (non-hydrogen) atoms. The molecule has 0 unspecified atom stereocenters. The highest BCUT2D eigenvalue weighted by atomic mass is 28.6. The van der Waals surface area contributed by atoms with Crippen molar-refractivity contribution in [3.8, 4) is 0 Å². The number of hydrogen-bond acceptors (Lipinski definition) is 10. The van der Waals surface area contributed by atoms with Crippen LogP contribution in [0.4, 0.5) is 0 Å². The minimum absolute atomic E-state index is 0.142. The first-order valence-electron chi connectivity index (χ1n) is 12.3. The molecule has 0 aromatic carbocycles. The summed E-state index contributed by atoms with van der Waals surface area (Å²) in [5.74, 6) is 0. The molecule has 0 aromatic heterocycles. The quantitative estimate of drug-likeness (QED) is 0.322. The smallest absolute Gasteiger partial charge is 0.378 e. The monoisotopic (exact) mass is 590 g/mol. The predicted molar refractivity (Wildman–Crippen MR) is 145 cm³/mol. The molecule has 15 heteroatoms. The summed E-state index contributed by atoms with van der Waals surface area (Å²) < 4.78 is 65.4. The molecule has 0 bridgehead atoms. The zero-order valence-electron chi connectivity index (χ0n) is 24.5. The molecule has 210 valence electrons. The van der Waals surface area contributed by atoms with Gasteiger partial charge in [-0.1, -0.05) is 69.2 Å². The Morgan fingerprint density at radius 2 is 0.429 bits per heavy atom. The minimum Gasteiger partial charge on any atom is -0.378 e. The normalized spacial score (nSPS) is 37.7. The molecule has 1 rings (SSSR count). The van der Waals surface area contributed by atoms with E-state index in [1.807, 2.05) is 69.2 Å². The van der Waals surface area contributed by atoms with Gasteiger partial charge in [0.1, 0.15) is 0 Å². The van der Waals surface area contributed by atoms with E-state index in [1.54, 1.807) is 35.5 Å². The fraction of sp³-hybridized carbons (Fsp3) is 1.00. The second-order valence-electron chi connectivity index (χ2n) is 10.3. The SMILES string of the molecule is CO[Si]1(C(C)C)O[Si](OC)(C(C)C)O[Si](OC)(C(C)C)O[Si](OC)(C(C)C)O[Si](OC)(C(C)C)O1. The zero-order chi connectivity index (χ0) is 27.5. The van der Waals surface area contributed by atoms with E-state index in [0.29, 0.717) is 0 Å². The van der Waals surface area contributed by atoms with Gasteiger partial charge in [-0.05, 0) is 0 Å². The Kier molecular flexibility index (Phi) is 12.2. The predicted octanol–water partition coefficient (Wildman–Crippen LogP) is 5.06. The summed E-state index contributed by atoms with van der Waals surface area (Å²) in [6, 6.07) is 0. The molecule has 0 aromatic rings. The number of hydrogen-bond donors (Lipinski definition) is 0. The highest BCUT2D eigenvalue weighted by molar-refractivity contribution is 6.90. The lowest BCUT2D eigenvalue weighted by Gasteiger charge is -2.52. The standard InChI is InChI=1S/C20H50O10Si5/c1-16(2)31(21-11)26-32(22-12,17(3)4)28-34(24-14,19(7)8)30-35(25-15,20(9)10)29-33(23-13,27-31)18(5)6/h16-20H,1-15H3. The van der Waals surface area contributed by atoms with Crippen molar-refractivity contribution in [2.75, 3.05) is 35.5 Å². The van der Waals surface area contributed by atoms with Crippen LogP contribution in [0.25, 0.3) is 0 Å². The lowest BCUT2D eigenvalue weighted by molar-refractivity contribution is 0.0250. The molecule has 1 fully saturated rings. The van der Waals surface area contributed by atoms with Crippen LogP contribution in [0.3, 0.4) is 0 Å². The summed E-state index contributed by atoms with van der Waals surface area (Å²) >= 11 is 0. The van der Waals surface area contributed by atoms with E-state index in [0.717, 1.165) is 0 Å². The van der Waals surface area contributed by atoms with Gasteiger partial charge in [0.2, 0.25) is 0 Å². The van der Waals surface area contributed by atoms with Gasteiger partial charge in [-0.3, -0.25) is 0 Å². The Balaban J connectivity index is 4.17. The van der Waals surface area contributed by atoms with E-state index in [-0.39, 0.29) is 27.7 Å². The molecule has 0 aliphatic carbocycles. The lowest BCUT2D eigenvalue weighted by Crippen LogP contribution is -2.75. The molecular weight excluding hydrogens is 541 g/mol. The molecule has 1 heterocycles. The zero-order valence-corrected chi connectivity index (χ0v) is 29.5. The summed E-state index contributed by atoms with van der Waals surface area (Å²) in [6.07, 6.45) is 0. The Bertz CT molecular complexity index is 527. The van der Waals surface area contributed by atoms with Gasteiger partial charge < -0.3 is 42.7 Å². The average molecular weight is 591 g/mol. The van der Waals surface area contributed by atoms with Gasteiger partial charge in [0, 0.05) is 63.3 Å². The third-order valence-corrected chi connectivity index (χ3v) is 27.7. The molecule has 0 spiro atoms. The van der Waals surface area contributed by atoms with Crippen molar-refractivity contribution in [2.45, 2.75) is 96.9 Å². The summed E-state index contributed by atoms with van der Waals surface area (Å²) in [6.45, 7) is 20.1. The Morgan fingerprint density at radius 1 is 0.314 bits per heavy atom. The maximum absolute atomic E-state index is 6.91. The van der Waals surface area contributed by atoms with Crippen LogP contribution in [-0.4, -0.2) is 79.6 Å². The largest absolute Gasteiger partial charge is 0.488 e. The Labute approximate surface area is 219 Å². The van der Waals surface area contributed by atoms with Crippen LogP contribution in [0.1, 0.15) is 69.2 Å². The summed E-state index contributed by atoms with van der Waals surface area (Å²) in [7, 11) is -9.63. The van der Waals surface area contributed by atoms with E-state index in [9.17, 15) is 0 Å².